The van der Waals surface area contributed by atoms with Gasteiger partial charge in [0.05, 0.1) is 25.3 Å². The minimum absolute atomic E-state index is 0.258. The SMILES string of the molecule is COc1ccccc1CCCCNCCCC1(c2ccc(F)cc2)OCc2cc(C#N)ccc21. The molecule has 0 bridgehead atoms. The molecule has 0 aromatic heterocycles. The van der Waals surface area contributed by atoms with E-state index in [0.29, 0.717) is 12.2 Å². The molecule has 5 heteroatoms. The zero-order chi connectivity index (χ0) is 23.8. The number of methoxy groups -OCH3 is 1. The third-order valence-electron chi connectivity index (χ3n) is 6.58. The molecule has 1 N–H and O–H groups in total. The Morgan fingerprint density at radius 2 is 1.82 bits per heavy atom. The minimum Gasteiger partial charge on any atom is -0.496 e. The lowest BCUT2D eigenvalue weighted by atomic mass is 9.81. The number of hydrogen-bond donors (Lipinski definition) is 1. The fourth-order valence-electron chi connectivity index (χ4n) is 4.83. The molecule has 4 rings (SSSR count). The molecule has 4 nitrogen and oxygen atoms in total. The summed E-state index contributed by atoms with van der Waals surface area (Å²) in [6.07, 6.45) is 4.91. The van der Waals surface area contributed by atoms with Crippen molar-refractivity contribution in [3.63, 3.8) is 0 Å². The Morgan fingerprint density at radius 3 is 2.62 bits per heavy atom. The summed E-state index contributed by atoms with van der Waals surface area (Å²) in [5.41, 5.74) is 4.34. The summed E-state index contributed by atoms with van der Waals surface area (Å²) >= 11 is 0. The highest BCUT2D eigenvalue weighted by molar-refractivity contribution is 5.48. The smallest absolute Gasteiger partial charge is 0.123 e. The molecule has 0 saturated heterocycles. The van der Waals surface area contributed by atoms with E-state index < -0.39 is 5.60 Å². The van der Waals surface area contributed by atoms with Crippen LogP contribution in [0.2, 0.25) is 0 Å². The number of unbranched alkanes of at least 4 members (excludes halogenated alkanes) is 1. The van der Waals surface area contributed by atoms with Gasteiger partial charge >= 0.3 is 0 Å². The third kappa shape index (κ3) is 5.30. The van der Waals surface area contributed by atoms with Crippen LogP contribution < -0.4 is 10.1 Å². The fraction of sp³-hybridized carbons (Fsp3) is 0.345. The van der Waals surface area contributed by atoms with Crippen molar-refractivity contribution in [2.45, 2.75) is 44.3 Å². The quantitative estimate of drug-likeness (QED) is 0.365. The Bertz CT molecular complexity index is 1140. The molecule has 0 amide bonds. The molecular formula is C29H31FN2O2. The van der Waals surface area contributed by atoms with Crippen molar-refractivity contribution in [3.8, 4) is 11.8 Å². The lowest BCUT2D eigenvalue weighted by Crippen LogP contribution is -2.29. The van der Waals surface area contributed by atoms with Crippen LogP contribution in [0.1, 0.15) is 53.5 Å². The van der Waals surface area contributed by atoms with Gasteiger partial charge in [0.2, 0.25) is 0 Å². The Hall–Kier alpha value is -3.20. The molecule has 3 aromatic carbocycles. The number of aryl methyl sites for hydroxylation is 1. The average Bonchev–Trinajstić information content (AvgIpc) is 3.25. The summed E-state index contributed by atoms with van der Waals surface area (Å²) < 4.78 is 25.4. The number of nitrogens with one attached hydrogen (secondary N) is 1. The lowest BCUT2D eigenvalue weighted by molar-refractivity contribution is -0.0129. The fourth-order valence-corrected chi connectivity index (χ4v) is 4.83. The number of para-hydroxylation sites is 1. The highest BCUT2D eigenvalue weighted by Crippen LogP contribution is 2.45. The van der Waals surface area contributed by atoms with Crippen molar-refractivity contribution in [2.24, 2.45) is 0 Å². The van der Waals surface area contributed by atoms with Crippen molar-refractivity contribution in [1.82, 2.24) is 5.32 Å². The lowest BCUT2D eigenvalue weighted by Gasteiger charge is -2.30. The van der Waals surface area contributed by atoms with E-state index in [-0.39, 0.29) is 5.82 Å². The Kier molecular flexibility index (Phi) is 7.95. The first-order valence-corrected chi connectivity index (χ1v) is 11.9. The molecule has 0 fully saturated rings. The van der Waals surface area contributed by atoms with Gasteiger partial charge in [-0.05, 0) is 97.8 Å². The topological polar surface area (TPSA) is 54.3 Å². The number of halogens is 1. The van der Waals surface area contributed by atoms with Crippen molar-refractivity contribution >= 4 is 0 Å². The third-order valence-corrected chi connectivity index (χ3v) is 6.58. The average molecular weight is 459 g/mol. The number of hydrogen-bond acceptors (Lipinski definition) is 4. The number of nitriles is 1. The van der Waals surface area contributed by atoms with E-state index >= 15 is 0 Å². The Labute approximate surface area is 201 Å². The van der Waals surface area contributed by atoms with Crippen LogP contribution in [-0.4, -0.2) is 20.2 Å². The summed E-state index contributed by atoms with van der Waals surface area (Å²) in [4.78, 5) is 0. The molecule has 176 valence electrons. The maximum Gasteiger partial charge on any atom is 0.123 e. The molecule has 1 unspecified atom stereocenters. The molecule has 34 heavy (non-hydrogen) atoms. The van der Waals surface area contributed by atoms with Crippen molar-refractivity contribution < 1.29 is 13.9 Å². The maximum absolute atomic E-state index is 13.6. The number of fused-ring (bicyclic) bond motifs is 1. The largest absolute Gasteiger partial charge is 0.496 e. The van der Waals surface area contributed by atoms with Gasteiger partial charge in [-0.15, -0.1) is 0 Å². The molecule has 1 heterocycles. The molecule has 1 aliphatic heterocycles. The Morgan fingerprint density at radius 1 is 1.03 bits per heavy atom. The van der Waals surface area contributed by atoms with Crippen molar-refractivity contribution in [2.75, 3.05) is 20.2 Å². The Balaban J connectivity index is 1.32. The predicted octanol–water partition coefficient (Wildman–Crippen LogP) is 5.87. The first-order chi connectivity index (χ1) is 16.7. The second-order valence-corrected chi connectivity index (χ2v) is 8.73. The van der Waals surface area contributed by atoms with E-state index in [4.69, 9.17) is 9.47 Å². The zero-order valence-electron chi connectivity index (χ0n) is 19.6. The second kappa shape index (κ2) is 11.3. The predicted molar refractivity (Wildman–Crippen MR) is 131 cm³/mol. The number of benzene rings is 3. The van der Waals surface area contributed by atoms with E-state index in [0.717, 1.165) is 67.6 Å². The van der Waals surface area contributed by atoms with Crippen molar-refractivity contribution in [1.29, 1.82) is 5.26 Å². The summed E-state index contributed by atoms with van der Waals surface area (Å²) in [5, 5.41) is 12.8. The van der Waals surface area contributed by atoms with Gasteiger partial charge in [-0.3, -0.25) is 0 Å². The summed E-state index contributed by atoms with van der Waals surface area (Å²) in [6.45, 7) is 2.30. The van der Waals surface area contributed by atoms with Crippen LogP contribution in [0.25, 0.3) is 0 Å². The van der Waals surface area contributed by atoms with Crippen LogP contribution in [0, 0.1) is 17.1 Å². The van der Waals surface area contributed by atoms with Crippen LogP contribution in [0.15, 0.2) is 66.7 Å². The number of nitrogens with zero attached hydrogens (tertiary/aromatic N) is 1. The van der Waals surface area contributed by atoms with E-state index in [1.54, 1.807) is 7.11 Å². The molecule has 1 atom stereocenters. The molecule has 0 saturated carbocycles. The molecular weight excluding hydrogens is 427 g/mol. The van der Waals surface area contributed by atoms with Gasteiger partial charge in [0, 0.05) is 0 Å². The van der Waals surface area contributed by atoms with Crippen LogP contribution >= 0.6 is 0 Å². The van der Waals surface area contributed by atoms with Crippen LogP contribution in [0.4, 0.5) is 4.39 Å². The van der Waals surface area contributed by atoms with Gasteiger partial charge in [0.25, 0.3) is 0 Å². The van der Waals surface area contributed by atoms with Gasteiger partial charge in [0.1, 0.15) is 17.2 Å². The van der Waals surface area contributed by atoms with Gasteiger partial charge in [-0.1, -0.05) is 36.4 Å². The van der Waals surface area contributed by atoms with E-state index in [1.807, 2.05) is 42.5 Å². The molecule has 0 spiro atoms. The molecule has 1 aliphatic rings. The normalized spacial score (nSPS) is 16.7. The van der Waals surface area contributed by atoms with Gasteiger partial charge < -0.3 is 14.8 Å². The molecule has 0 radical (unpaired) electrons. The standard InChI is InChI=1S/C29H31FN2O2/c1-33-28-9-3-2-7-23(28)8-4-5-17-32-18-6-16-29(25-11-13-26(30)14-12-25)27-15-10-22(20-31)19-24(27)21-34-29/h2-3,7,9-15,19,32H,4-6,8,16-18,21H2,1H3. The van der Waals surface area contributed by atoms with E-state index in [9.17, 15) is 9.65 Å². The van der Waals surface area contributed by atoms with Crippen LogP contribution in [-0.2, 0) is 23.4 Å². The summed E-state index contributed by atoms with van der Waals surface area (Å²) in [7, 11) is 1.72. The van der Waals surface area contributed by atoms with Gasteiger partial charge in [-0.25, -0.2) is 4.39 Å². The number of ether oxygens (including phenoxy) is 2. The van der Waals surface area contributed by atoms with Crippen LogP contribution in [0.5, 0.6) is 5.75 Å². The maximum atomic E-state index is 13.6. The molecule has 3 aromatic rings. The number of rotatable bonds is 11. The highest BCUT2D eigenvalue weighted by Gasteiger charge is 2.41. The van der Waals surface area contributed by atoms with Gasteiger partial charge in [-0.2, -0.15) is 5.26 Å². The van der Waals surface area contributed by atoms with Crippen LogP contribution in [0.3, 0.4) is 0 Å². The zero-order valence-corrected chi connectivity index (χ0v) is 19.6. The monoisotopic (exact) mass is 458 g/mol. The van der Waals surface area contributed by atoms with Crippen molar-refractivity contribution in [3.05, 3.63) is 100 Å². The highest BCUT2D eigenvalue weighted by atomic mass is 19.1. The molecule has 0 aliphatic carbocycles. The first-order valence-electron chi connectivity index (χ1n) is 11.9. The van der Waals surface area contributed by atoms with E-state index in [2.05, 4.69) is 23.5 Å². The summed E-state index contributed by atoms with van der Waals surface area (Å²) in [6, 6.07) is 22.7. The summed E-state index contributed by atoms with van der Waals surface area (Å²) in [5.74, 6) is 0.701. The minimum atomic E-state index is -0.609. The van der Waals surface area contributed by atoms with E-state index in [1.165, 1.54) is 17.7 Å². The first kappa shape index (κ1) is 23.9. The second-order valence-electron chi connectivity index (χ2n) is 8.73. The van der Waals surface area contributed by atoms with Gasteiger partial charge in [0.15, 0.2) is 0 Å².